The van der Waals surface area contributed by atoms with Crippen molar-refractivity contribution < 1.29 is 14.3 Å². The number of hydrogen-bond donors (Lipinski definition) is 0. The molecule has 0 spiro atoms. The van der Waals surface area contributed by atoms with Gasteiger partial charge in [-0.1, -0.05) is 49.6 Å². The lowest BCUT2D eigenvalue weighted by molar-refractivity contribution is -0.148. The first-order chi connectivity index (χ1) is 9.74. The van der Waals surface area contributed by atoms with Crippen molar-refractivity contribution in [3.8, 4) is 0 Å². The monoisotopic (exact) mass is 274 g/mol. The fourth-order valence-corrected chi connectivity index (χ4v) is 3.00. The summed E-state index contributed by atoms with van der Waals surface area (Å²) in [6.07, 6.45) is 5.29. The van der Waals surface area contributed by atoms with Crippen LogP contribution in [0.5, 0.6) is 0 Å². The lowest BCUT2D eigenvalue weighted by atomic mass is 9.77. The maximum atomic E-state index is 12.7. The van der Waals surface area contributed by atoms with Gasteiger partial charge in [-0.15, -0.1) is 0 Å². The van der Waals surface area contributed by atoms with Crippen molar-refractivity contribution in [2.75, 3.05) is 6.61 Å². The molecule has 0 saturated heterocycles. The third-order valence-corrected chi connectivity index (χ3v) is 4.00. The van der Waals surface area contributed by atoms with Gasteiger partial charge in [0.1, 0.15) is 5.92 Å². The van der Waals surface area contributed by atoms with Gasteiger partial charge >= 0.3 is 5.97 Å². The second kappa shape index (κ2) is 7.22. The van der Waals surface area contributed by atoms with Gasteiger partial charge in [-0.3, -0.25) is 9.59 Å². The average Bonchev–Trinajstić information content (AvgIpc) is 2.50. The highest BCUT2D eigenvalue weighted by molar-refractivity contribution is 6.08. The molecule has 2 rings (SSSR count). The van der Waals surface area contributed by atoms with Crippen molar-refractivity contribution in [3.63, 3.8) is 0 Å². The topological polar surface area (TPSA) is 43.4 Å². The number of rotatable bonds is 5. The second-order valence-corrected chi connectivity index (χ2v) is 5.36. The van der Waals surface area contributed by atoms with E-state index in [4.69, 9.17) is 4.74 Å². The zero-order valence-corrected chi connectivity index (χ0v) is 12.0. The van der Waals surface area contributed by atoms with Crippen LogP contribution in [0.15, 0.2) is 30.3 Å². The van der Waals surface area contributed by atoms with Gasteiger partial charge in [0.2, 0.25) is 0 Å². The molecule has 1 atom stereocenters. The minimum absolute atomic E-state index is 0.0871. The Bertz CT molecular complexity index is 447. The van der Waals surface area contributed by atoms with E-state index in [2.05, 4.69) is 0 Å². The van der Waals surface area contributed by atoms with Crippen molar-refractivity contribution in [2.24, 2.45) is 11.8 Å². The highest BCUT2D eigenvalue weighted by atomic mass is 16.5. The van der Waals surface area contributed by atoms with Crippen molar-refractivity contribution >= 4 is 11.8 Å². The van der Waals surface area contributed by atoms with Gasteiger partial charge in [0.25, 0.3) is 0 Å². The number of ketones is 1. The van der Waals surface area contributed by atoms with E-state index in [-0.39, 0.29) is 17.7 Å². The molecule has 0 amide bonds. The molecule has 0 aliphatic heterocycles. The van der Waals surface area contributed by atoms with Crippen LogP contribution in [0.2, 0.25) is 0 Å². The van der Waals surface area contributed by atoms with E-state index in [1.165, 1.54) is 6.42 Å². The standard InChI is InChI=1S/C17H22O3/c1-2-20-17(19)15(13-9-5-3-6-10-13)16(18)14-11-7-4-8-12-14/h4,7-8,11-13,15H,2-3,5-6,9-10H2,1H3. The molecule has 3 nitrogen and oxygen atoms in total. The Morgan fingerprint density at radius 1 is 1.15 bits per heavy atom. The van der Waals surface area contributed by atoms with Crippen molar-refractivity contribution in [1.29, 1.82) is 0 Å². The first-order valence-corrected chi connectivity index (χ1v) is 7.50. The molecular formula is C17H22O3. The van der Waals surface area contributed by atoms with Crippen LogP contribution in [0.4, 0.5) is 0 Å². The van der Waals surface area contributed by atoms with Crippen molar-refractivity contribution in [1.82, 2.24) is 0 Å². The molecule has 1 aromatic carbocycles. The Balaban J connectivity index is 2.21. The molecule has 1 aromatic rings. The van der Waals surface area contributed by atoms with Gasteiger partial charge in [0, 0.05) is 5.56 Å². The molecule has 1 aliphatic carbocycles. The van der Waals surface area contributed by atoms with Crippen LogP contribution in [-0.2, 0) is 9.53 Å². The fourth-order valence-electron chi connectivity index (χ4n) is 3.00. The minimum atomic E-state index is -0.627. The fraction of sp³-hybridized carbons (Fsp3) is 0.529. The highest BCUT2D eigenvalue weighted by Gasteiger charge is 2.36. The first-order valence-electron chi connectivity index (χ1n) is 7.50. The maximum Gasteiger partial charge on any atom is 0.317 e. The van der Waals surface area contributed by atoms with Crippen molar-refractivity contribution in [2.45, 2.75) is 39.0 Å². The SMILES string of the molecule is CCOC(=O)C(C(=O)c1ccccc1)C1CCCCC1. The molecule has 0 heterocycles. The summed E-state index contributed by atoms with van der Waals surface area (Å²) in [5.41, 5.74) is 0.608. The summed E-state index contributed by atoms with van der Waals surface area (Å²) in [7, 11) is 0. The second-order valence-electron chi connectivity index (χ2n) is 5.36. The molecule has 1 fully saturated rings. The molecule has 0 N–H and O–H groups in total. The van der Waals surface area contributed by atoms with E-state index in [9.17, 15) is 9.59 Å². The van der Waals surface area contributed by atoms with E-state index < -0.39 is 5.92 Å². The minimum Gasteiger partial charge on any atom is -0.465 e. The zero-order chi connectivity index (χ0) is 14.4. The van der Waals surface area contributed by atoms with E-state index >= 15 is 0 Å². The summed E-state index contributed by atoms with van der Waals surface area (Å²) in [6, 6.07) is 9.08. The zero-order valence-electron chi connectivity index (χ0n) is 12.0. The van der Waals surface area contributed by atoms with Crippen molar-refractivity contribution in [3.05, 3.63) is 35.9 Å². The van der Waals surface area contributed by atoms with Crippen LogP contribution < -0.4 is 0 Å². The lowest BCUT2D eigenvalue weighted by Crippen LogP contribution is -2.34. The molecule has 0 bridgehead atoms. The predicted molar refractivity (Wildman–Crippen MR) is 77.5 cm³/mol. The van der Waals surface area contributed by atoms with Gasteiger partial charge in [-0.05, 0) is 25.7 Å². The van der Waals surface area contributed by atoms with E-state index in [1.54, 1.807) is 19.1 Å². The summed E-state index contributed by atoms with van der Waals surface area (Å²) >= 11 is 0. The molecule has 108 valence electrons. The van der Waals surface area contributed by atoms with Gasteiger partial charge in [0.15, 0.2) is 5.78 Å². The predicted octanol–water partition coefficient (Wildman–Crippen LogP) is 3.63. The number of hydrogen-bond acceptors (Lipinski definition) is 3. The van der Waals surface area contributed by atoms with Gasteiger partial charge in [-0.25, -0.2) is 0 Å². The largest absolute Gasteiger partial charge is 0.465 e. The van der Waals surface area contributed by atoms with E-state index in [1.807, 2.05) is 18.2 Å². The van der Waals surface area contributed by atoms with Gasteiger partial charge < -0.3 is 4.74 Å². The van der Waals surface area contributed by atoms with Crippen LogP contribution >= 0.6 is 0 Å². The number of carbonyl (C=O) groups excluding carboxylic acids is 2. The molecule has 1 aliphatic rings. The molecular weight excluding hydrogens is 252 g/mol. The molecule has 0 aromatic heterocycles. The van der Waals surface area contributed by atoms with Gasteiger partial charge in [-0.2, -0.15) is 0 Å². The summed E-state index contributed by atoms with van der Waals surface area (Å²) in [4.78, 5) is 24.9. The summed E-state index contributed by atoms with van der Waals surface area (Å²) in [5, 5.41) is 0. The number of benzene rings is 1. The molecule has 1 saturated carbocycles. The van der Waals surface area contributed by atoms with Crippen LogP contribution in [0.25, 0.3) is 0 Å². The molecule has 20 heavy (non-hydrogen) atoms. The summed E-state index contributed by atoms with van der Waals surface area (Å²) in [5.74, 6) is -0.933. The Kier molecular flexibility index (Phi) is 5.33. The molecule has 3 heteroatoms. The average molecular weight is 274 g/mol. The number of carbonyl (C=O) groups is 2. The van der Waals surface area contributed by atoms with Crippen LogP contribution in [0.1, 0.15) is 49.4 Å². The Morgan fingerprint density at radius 3 is 2.40 bits per heavy atom. The highest BCUT2D eigenvalue weighted by Crippen LogP contribution is 2.32. The third-order valence-electron chi connectivity index (χ3n) is 4.00. The molecule has 1 unspecified atom stereocenters. The Morgan fingerprint density at radius 2 is 1.80 bits per heavy atom. The lowest BCUT2D eigenvalue weighted by Gasteiger charge is -2.27. The van der Waals surface area contributed by atoms with E-state index in [0.717, 1.165) is 25.7 Å². The third kappa shape index (κ3) is 3.47. The van der Waals surface area contributed by atoms with Crippen LogP contribution in [0.3, 0.4) is 0 Å². The number of ether oxygens (including phenoxy) is 1. The molecule has 0 radical (unpaired) electrons. The quantitative estimate of drug-likeness (QED) is 0.468. The van der Waals surface area contributed by atoms with Crippen LogP contribution in [0, 0.1) is 11.8 Å². The first kappa shape index (κ1) is 14.8. The Hall–Kier alpha value is -1.64. The van der Waals surface area contributed by atoms with Crippen LogP contribution in [-0.4, -0.2) is 18.4 Å². The van der Waals surface area contributed by atoms with E-state index in [0.29, 0.717) is 12.2 Å². The maximum absolute atomic E-state index is 12.7. The Labute approximate surface area is 120 Å². The summed E-state index contributed by atoms with van der Waals surface area (Å²) < 4.78 is 5.14. The summed E-state index contributed by atoms with van der Waals surface area (Å²) in [6.45, 7) is 2.10. The smallest absolute Gasteiger partial charge is 0.317 e. The number of esters is 1. The number of Topliss-reactive ketones (excluding diaryl/α,β-unsaturated/α-hetero) is 1. The van der Waals surface area contributed by atoms with Gasteiger partial charge in [0.05, 0.1) is 6.61 Å². The normalized spacial score (nSPS) is 17.4.